The topological polar surface area (TPSA) is 32.3 Å². The highest BCUT2D eigenvalue weighted by molar-refractivity contribution is 6.35. The SMILES string of the molecule is CC(O)(c1cc(F)c(Cl)cc1Cl)C1Cc2ccccc2N1. The molecule has 0 saturated heterocycles. The molecule has 0 bridgehead atoms. The van der Waals surface area contributed by atoms with E-state index < -0.39 is 11.4 Å². The van der Waals surface area contributed by atoms with Crippen LogP contribution in [0.5, 0.6) is 0 Å². The van der Waals surface area contributed by atoms with Crippen molar-refractivity contribution in [2.24, 2.45) is 0 Å². The van der Waals surface area contributed by atoms with Crippen LogP contribution in [0.3, 0.4) is 0 Å². The van der Waals surface area contributed by atoms with Crippen LogP contribution in [0, 0.1) is 5.82 Å². The molecule has 0 radical (unpaired) electrons. The average Bonchev–Trinajstić information content (AvgIpc) is 2.87. The van der Waals surface area contributed by atoms with Crippen LogP contribution in [0.4, 0.5) is 10.1 Å². The van der Waals surface area contributed by atoms with Gasteiger partial charge in [0, 0.05) is 16.3 Å². The third-order valence-corrected chi connectivity index (χ3v) is 4.61. The van der Waals surface area contributed by atoms with E-state index in [9.17, 15) is 9.50 Å². The van der Waals surface area contributed by atoms with E-state index in [1.807, 2.05) is 24.3 Å². The van der Waals surface area contributed by atoms with Crippen LogP contribution >= 0.6 is 23.2 Å². The highest BCUT2D eigenvalue weighted by Gasteiger charge is 2.39. The molecule has 5 heteroatoms. The van der Waals surface area contributed by atoms with Gasteiger partial charge in [0.25, 0.3) is 0 Å². The standard InChI is InChI=1S/C16H14Cl2FNO/c1-16(21,10-7-13(19)12(18)8-11(10)17)15-6-9-4-2-3-5-14(9)20-15/h2-5,7-8,15,20-21H,6H2,1H3. The number of aliphatic hydroxyl groups is 1. The Hall–Kier alpha value is -1.29. The molecule has 0 aliphatic carbocycles. The van der Waals surface area contributed by atoms with Gasteiger partial charge in [0.05, 0.1) is 11.1 Å². The fourth-order valence-electron chi connectivity index (χ4n) is 2.74. The summed E-state index contributed by atoms with van der Waals surface area (Å²) in [5, 5.41) is 14.4. The summed E-state index contributed by atoms with van der Waals surface area (Å²) in [6, 6.07) is 10.1. The summed E-state index contributed by atoms with van der Waals surface area (Å²) in [5.74, 6) is -0.591. The van der Waals surface area contributed by atoms with Crippen molar-refractivity contribution >= 4 is 28.9 Å². The maximum atomic E-state index is 13.7. The first-order valence-electron chi connectivity index (χ1n) is 6.61. The molecule has 3 rings (SSSR count). The van der Waals surface area contributed by atoms with E-state index >= 15 is 0 Å². The number of benzene rings is 2. The molecule has 0 spiro atoms. The van der Waals surface area contributed by atoms with E-state index in [0.717, 1.165) is 11.3 Å². The van der Waals surface area contributed by atoms with Gasteiger partial charge in [0.1, 0.15) is 11.4 Å². The molecular formula is C16H14Cl2FNO. The van der Waals surface area contributed by atoms with Gasteiger partial charge in [-0.3, -0.25) is 0 Å². The smallest absolute Gasteiger partial charge is 0.142 e. The summed E-state index contributed by atoms with van der Waals surface area (Å²) >= 11 is 11.8. The normalized spacial score (nSPS) is 19.8. The average molecular weight is 326 g/mol. The van der Waals surface area contributed by atoms with Gasteiger partial charge >= 0.3 is 0 Å². The van der Waals surface area contributed by atoms with Crippen LogP contribution in [-0.2, 0) is 12.0 Å². The predicted molar refractivity (Wildman–Crippen MR) is 83.5 cm³/mol. The van der Waals surface area contributed by atoms with Gasteiger partial charge in [-0.15, -0.1) is 0 Å². The molecular weight excluding hydrogens is 312 g/mol. The molecule has 0 amide bonds. The van der Waals surface area contributed by atoms with E-state index in [2.05, 4.69) is 5.32 Å². The van der Waals surface area contributed by atoms with Crippen LogP contribution < -0.4 is 5.32 Å². The van der Waals surface area contributed by atoms with Crippen LogP contribution in [0.1, 0.15) is 18.1 Å². The fourth-order valence-corrected chi connectivity index (χ4v) is 3.31. The summed E-state index contributed by atoms with van der Waals surface area (Å²) in [6.45, 7) is 1.63. The molecule has 2 nitrogen and oxygen atoms in total. The van der Waals surface area contributed by atoms with Crippen molar-refractivity contribution in [2.75, 3.05) is 5.32 Å². The van der Waals surface area contributed by atoms with Crippen LogP contribution in [0.2, 0.25) is 10.0 Å². The molecule has 2 atom stereocenters. The Labute approximate surface area is 132 Å². The predicted octanol–water partition coefficient (Wildman–Crippen LogP) is 4.38. The van der Waals surface area contributed by atoms with Crippen LogP contribution in [0.25, 0.3) is 0 Å². The Morgan fingerprint density at radius 1 is 1.24 bits per heavy atom. The quantitative estimate of drug-likeness (QED) is 0.803. The molecule has 110 valence electrons. The second-order valence-corrected chi connectivity index (χ2v) is 6.27. The lowest BCUT2D eigenvalue weighted by atomic mass is 9.86. The molecule has 1 heterocycles. The monoisotopic (exact) mass is 325 g/mol. The summed E-state index contributed by atoms with van der Waals surface area (Å²) in [6.07, 6.45) is 0.643. The maximum Gasteiger partial charge on any atom is 0.142 e. The second kappa shape index (κ2) is 5.16. The van der Waals surface area contributed by atoms with Gasteiger partial charge in [-0.2, -0.15) is 0 Å². The summed E-state index contributed by atoms with van der Waals surface area (Å²) in [7, 11) is 0. The molecule has 1 aliphatic heterocycles. The zero-order valence-corrected chi connectivity index (χ0v) is 12.8. The van der Waals surface area contributed by atoms with Crippen molar-refractivity contribution in [1.29, 1.82) is 0 Å². The van der Waals surface area contributed by atoms with Gasteiger partial charge in [0.15, 0.2) is 0 Å². The molecule has 2 N–H and O–H groups in total. The van der Waals surface area contributed by atoms with Crippen LogP contribution in [-0.4, -0.2) is 11.1 Å². The van der Waals surface area contributed by atoms with E-state index in [4.69, 9.17) is 23.2 Å². The first kappa shape index (κ1) is 14.6. The third kappa shape index (κ3) is 2.50. The van der Waals surface area contributed by atoms with Crippen molar-refractivity contribution in [3.8, 4) is 0 Å². The number of hydrogen-bond acceptors (Lipinski definition) is 2. The maximum absolute atomic E-state index is 13.7. The molecule has 0 saturated carbocycles. The van der Waals surface area contributed by atoms with E-state index in [1.165, 1.54) is 12.1 Å². The Morgan fingerprint density at radius 3 is 2.67 bits per heavy atom. The number of fused-ring (bicyclic) bond motifs is 1. The van der Waals surface area contributed by atoms with Crippen molar-refractivity contribution in [3.05, 3.63) is 63.4 Å². The number of hydrogen-bond donors (Lipinski definition) is 2. The highest BCUT2D eigenvalue weighted by Crippen LogP contribution is 2.39. The lowest BCUT2D eigenvalue weighted by molar-refractivity contribution is 0.0379. The lowest BCUT2D eigenvalue weighted by Gasteiger charge is -2.32. The third-order valence-electron chi connectivity index (χ3n) is 4.00. The van der Waals surface area contributed by atoms with Gasteiger partial charge < -0.3 is 10.4 Å². The molecule has 21 heavy (non-hydrogen) atoms. The number of nitrogens with one attached hydrogen (secondary N) is 1. The summed E-state index contributed by atoms with van der Waals surface area (Å²) < 4.78 is 13.7. The van der Waals surface area contributed by atoms with E-state index in [1.54, 1.807) is 6.92 Å². The van der Waals surface area contributed by atoms with Gasteiger partial charge in [-0.25, -0.2) is 4.39 Å². The first-order chi connectivity index (χ1) is 9.89. The summed E-state index contributed by atoms with van der Waals surface area (Å²) in [4.78, 5) is 0. The van der Waals surface area contributed by atoms with Gasteiger partial charge in [0.2, 0.25) is 0 Å². The number of anilines is 1. The fraction of sp³-hybridized carbons (Fsp3) is 0.250. The van der Waals surface area contributed by atoms with Crippen LogP contribution in [0.15, 0.2) is 36.4 Å². The zero-order valence-electron chi connectivity index (χ0n) is 11.3. The number of halogens is 3. The van der Waals surface area contributed by atoms with Gasteiger partial charge in [-0.05, 0) is 37.1 Å². The Bertz CT molecular complexity index is 678. The molecule has 2 unspecified atom stereocenters. The molecule has 2 aromatic carbocycles. The minimum Gasteiger partial charge on any atom is -0.383 e. The second-order valence-electron chi connectivity index (χ2n) is 5.45. The molecule has 0 aromatic heterocycles. The minimum absolute atomic E-state index is 0.0535. The Balaban J connectivity index is 1.97. The molecule has 1 aliphatic rings. The Kier molecular flexibility index (Phi) is 3.60. The highest BCUT2D eigenvalue weighted by atomic mass is 35.5. The zero-order chi connectivity index (χ0) is 15.2. The van der Waals surface area contributed by atoms with Crippen molar-refractivity contribution in [2.45, 2.75) is 25.0 Å². The molecule has 2 aromatic rings. The largest absolute Gasteiger partial charge is 0.383 e. The van der Waals surface area contributed by atoms with Crippen molar-refractivity contribution in [3.63, 3.8) is 0 Å². The number of rotatable bonds is 2. The Morgan fingerprint density at radius 2 is 1.95 bits per heavy atom. The van der Waals surface area contributed by atoms with Crippen molar-refractivity contribution in [1.82, 2.24) is 0 Å². The van der Waals surface area contributed by atoms with Crippen molar-refractivity contribution < 1.29 is 9.50 Å². The van der Waals surface area contributed by atoms with E-state index in [-0.39, 0.29) is 16.1 Å². The summed E-state index contributed by atoms with van der Waals surface area (Å²) in [5.41, 5.74) is 1.11. The first-order valence-corrected chi connectivity index (χ1v) is 7.37. The number of para-hydroxylation sites is 1. The minimum atomic E-state index is -1.32. The van der Waals surface area contributed by atoms with Gasteiger partial charge in [-0.1, -0.05) is 41.4 Å². The lowest BCUT2D eigenvalue weighted by Crippen LogP contribution is -2.41. The van der Waals surface area contributed by atoms with E-state index in [0.29, 0.717) is 12.0 Å². The molecule has 0 fully saturated rings.